The molecule has 2 saturated heterocycles. The number of amides is 1. The van der Waals surface area contributed by atoms with Crippen LogP contribution in [-0.2, 0) is 14.4 Å². The standard InChI is InChI=1S/C7H10N2O4/c10-5-2-7(13-9-5)1-4(6(11)12)8-3-7/h4,8H,1-3H2,(H,9,10)(H,11,12)/t4-,7+/m1/s1. The van der Waals surface area contributed by atoms with E-state index in [-0.39, 0.29) is 12.3 Å². The van der Waals surface area contributed by atoms with Crippen molar-refractivity contribution in [3.63, 3.8) is 0 Å². The predicted octanol–water partition coefficient (Wildman–Crippen LogP) is -1.38. The molecule has 2 fully saturated rings. The molecular weight excluding hydrogens is 176 g/mol. The third-order valence-electron chi connectivity index (χ3n) is 2.41. The number of hydrogen-bond donors (Lipinski definition) is 3. The summed E-state index contributed by atoms with van der Waals surface area (Å²) in [7, 11) is 0. The lowest BCUT2D eigenvalue weighted by molar-refractivity contribution is -0.139. The molecule has 1 spiro atoms. The molecule has 2 atom stereocenters. The van der Waals surface area contributed by atoms with Crippen molar-refractivity contribution in [2.45, 2.75) is 24.5 Å². The van der Waals surface area contributed by atoms with Gasteiger partial charge in [-0.3, -0.25) is 14.4 Å². The molecule has 0 saturated carbocycles. The number of carboxylic acid groups (broad SMARTS) is 1. The Morgan fingerprint density at radius 2 is 2.46 bits per heavy atom. The van der Waals surface area contributed by atoms with E-state index in [0.29, 0.717) is 13.0 Å². The van der Waals surface area contributed by atoms with Crippen LogP contribution in [0.15, 0.2) is 0 Å². The number of rotatable bonds is 1. The monoisotopic (exact) mass is 186 g/mol. The number of aliphatic carboxylic acids is 1. The molecule has 2 rings (SSSR count). The van der Waals surface area contributed by atoms with Gasteiger partial charge in [0.25, 0.3) is 0 Å². The van der Waals surface area contributed by atoms with E-state index in [2.05, 4.69) is 10.8 Å². The minimum atomic E-state index is -0.903. The maximum Gasteiger partial charge on any atom is 0.320 e. The minimum absolute atomic E-state index is 0.187. The van der Waals surface area contributed by atoms with Crippen molar-refractivity contribution in [1.82, 2.24) is 10.8 Å². The molecule has 0 bridgehead atoms. The first-order valence-electron chi connectivity index (χ1n) is 4.04. The van der Waals surface area contributed by atoms with Crippen LogP contribution in [0.25, 0.3) is 0 Å². The van der Waals surface area contributed by atoms with Crippen LogP contribution in [0.2, 0.25) is 0 Å². The van der Waals surface area contributed by atoms with Crippen LogP contribution in [0, 0.1) is 0 Å². The second-order valence-corrected chi connectivity index (χ2v) is 3.46. The number of carbonyl (C=O) groups is 2. The van der Waals surface area contributed by atoms with Gasteiger partial charge in [-0.2, -0.15) is 0 Å². The summed E-state index contributed by atoms with van der Waals surface area (Å²) in [5.74, 6) is -1.09. The average Bonchev–Trinajstić information content (AvgIpc) is 2.61. The van der Waals surface area contributed by atoms with Crippen molar-refractivity contribution in [3.05, 3.63) is 0 Å². The van der Waals surface area contributed by atoms with Gasteiger partial charge in [-0.25, -0.2) is 5.48 Å². The molecule has 0 aromatic rings. The third kappa shape index (κ3) is 1.38. The molecule has 6 heteroatoms. The zero-order valence-corrected chi connectivity index (χ0v) is 6.87. The molecule has 0 aromatic carbocycles. The fourth-order valence-corrected chi connectivity index (χ4v) is 1.74. The highest BCUT2D eigenvalue weighted by Crippen LogP contribution is 2.29. The fraction of sp³-hybridized carbons (Fsp3) is 0.714. The molecule has 2 aliphatic heterocycles. The minimum Gasteiger partial charge on any atom is -0.480 e. The maximum atomic E-state index is 10.9. The van der Waals surface area contributed by atoms with Crippen LogP contribution in [-0.4, -0.2) is 35.2 Å². The van der Waals surface area contributed by atoms with Gasteiger partial charge < -0.3 is 10.4 Å². The molecular formula is C7H10N2O4. The van der Waals surface area contributed by atoms with E-state index in [1.54, 1.807) is 0 Å². The van der Waals surface area contributed by atoms with E-state index < -0.39 is 17.6 Å². The molecule has 0 aliphatic carbocycles. The molecule has 6 nitrogen and oxygen atoms in total. The van der Waals surface area contributed by atoms with Crippen LogP contribution in [0.1, 0.15) is 12.8 Å². The van der Waals surface area contributed by atoms with Crippen LogP contribution in [0.3, 0.4) is 0 Å². The van der Waals surface area contributed by atoms with Crippen molar-refractivity contribution in [3.8, 4) is 0 Å². The summed E-state index contributed by atoms with van der Waals surface area (Å²) in [5.41, 5.74) is 1.60. The van der Waals surface area contributed by atoms with Gasteiger partial charge in [-0.15, -0.1) is 0 Å². The van der Waals surface area contributed by atoms with Gasteiger partial charge in [0.15, 0.2) is 0 Å². The van der Waals surface area contributed by atoms with Crippen LogP contribution >= 0.6 is 0 Å². The van der Waals surface area contributed by atoms with Gasteiger partial charge in [0, 0.05) is 13.0 Å². The Kier molecular flexibility index (Phi) is 1.74. The van der Waals surface area contributed by atoms with Crippen LogP contribution in [0.4, 0.5) is 0 Å². The average molecular weight is 186 g/mol. The van der Waals surface area contributed by atoms with Gasteiger partial charge in [0.2, 0.25) is 5.91 Å². The van der Waals surface area contributed by atoms with Crippen molar-refractivity contribution < 1.29 is 19.5 Å². The Balaban J connectivity index is 2.05. The van der Waals surface area contributed by atoms with E-state index in [4.69, 9.17) is 9.94 Å². The predicted molar refractivity (Wildman–Crippen MR) is 40.6 cm³/mol. The third-order valence-corrected chi connectivity index (χ3v) is 2.41. The Morgan fingerprint density at radius 3 is 2.92 bits per heavy atom. The van der Waals surface area contributed by atoms with E-state index in [1.807, 2.05) is 0 Å². The summed E-state index contributed by atoms with van der Waals surface area (Å²) < 4.78 is 0. The largest absolute Gasteiger partial charge is 0.480 e. The summed E-state index contributed by atoms with van der Waals surface area (Å²) in [6, 6.07) is -0.604. The van der Waals surface area contributed by atoms with E-state index in [9.17, 15) is 9.59 Å². The maximum absolute atomic E-state index is 10.9. The quantitative estimate of drug-likeness (QED) is 0.470. The lowest BCUT2D eigenvalue weighted by Crippen LogP contribution is -2.31. The van der Waals surface area contributed by atoms with E-state index in [0.717, 1.165) is 0 Å². The molecule has 0 unspecified atom stereocenters. The van der Waals surface area contributed by atoms with E-state index >= 15 is 0 Å². The Hall–Kier alpha value is -1.14. The van der Waals surface area contributed by atoms with Gasteiger partial charge in [-0.05, 0) is 0 Å². The van der Waals surface area contributed by atoms with Gasteiger partial charge in [0.05, 0.1) is 6.42 Å². The fourth-order valence-electron chi connectivity index (χ4n) is 1.74. The number of carbonyl (C=O) groups excluding carboxylic acids is 1. The zero-order chi connectivity index (χ0) is 9.47. The topological polar surface area (TPSA) is 87.7 Å². The summed E-state index contributed by atoms with van der Waals surface area (Å²) in [6.07, 6.45) is 0.574. The molecule has 3 N–H and O–H groups in total. The Bertz CT molecular complexity index is 267. The lowest BCUT2D eigenvalue weighted by Gasteiger charge is -2.16. The summed E-state index contributed by atoms with van der Waals surface area (Å²) in [4.78, 5) is 26.5. The number of carboxylic acids is 1. The first kappa shape index (κ1) is 8.46. The lowest BCUT2D eigenvalue weighted by atomic mass is 9.97. The number of hydroxylamine groups is 1. The second-order valence-electron chi connectivity index (χ2n) is 3.46. The van der Waals surface area contributed by atoms with Crippen LogP contribution in [0.5, 0.6) is 0 Å². The smallest absolute Gasteiger partial charge is 0.320 e. The zero-order valence-electron chi connectivity index (χ0n) is 6.87. The normalized spacial score (nSPS) is 38.2. The molecule has 1 amide bonds. The molecule has 0 radical (unpaired) electrons. The Labute approximate surface area is 74.2 Å². The number of hydrogen-bond acceptors (Lipinski definition) is 4. The molecule has 13 heavy (non-hydrogen) atoms. The second kappa shape index (κ2) is 2.68. The Morgan fingerprint density at radius 1 is 1.69 bits per heavy atom. The first-order valence-corrected chi connectivity index (χ1v) is 4.04. The highest BCUT2D eigenvalue weighted by molar-refractivity contribution is 5.79. The molecule has 0 aromatic heterocycles. The van der Waals surface area contributed by atoms with Crippen molar-refractivity contribution in [2.75, 3.05) is 6.54 Å². The highest BCUT2D eigenvalue weighted by atomic mass is 16.7. The van der Waals surface area contributed by atoms with Crippen molar-refractivity contribution >= 4 is 11.9 Å². The first-order chi connectivity index (χ1) is 6.11. The highest BCUT2D eigenvalue weighted by Gasteiger charge is 2.48. The molecule has 72 valence electrons. The molecule has 2 aliphatic rings. The van der Waals surface area contributed by atoms with Gasteiger partial charge in [0.1, 0.15) is 11.6 Å². The van der Waals surface area contributed by atoms with Crippen molar-refractivity contribution in [2.24, 2.45) is 0 Å². The van der Waals surface area contributed by atoms with Crippen molar-refractivity contribution in [1.29, 1.82) is 0 Å². The van der Waals surface area contributed by atoms with Crippen LogP contribution < -0.4 is 10.8 Å². The summed E-state index contributed by atoms with van der Waals surface area (Å²) in [5, 5.41) is 11.5. The summed E-state index contributed by atoms with van der Waals surface area (Å²) in [6.45, 7) is 0.405. The van der Waals surface area contributed by atoms with Gasteiger partial charge >= 0.3 is 5.97 Å². The number of nitrogens with one attached hydrogen (secondary N) is 2. The molecule has 2 heterocycles. The van der Waals surface area contributed by atoms with Gasteiger partial charge in [-0.1, -0.05) is 0 Å². The SMILES string of the molecule is O=C1C[C@@]2(CN[C@@H](C(=O)O)C2)ON1. The summed E-state index contributed by atoms with van der Waals surface area (Å²) >= 11 is 0. The van der Waals surface area contributed by atoms with E-state index in [1.165, 1.54) is 0 Å².